The van der Waals surface area contributed by atoms with Crippen molar-refractivity contribution < 1.29 is 4.39 Å². The number of rotatable bonds is 0. The Labute approximate surface area is 100 Å². The van der Waals surface area contributed by atoms with E-state index in [1.165, 1.54) is 2.88 Å². The second-order valence-corrected chi connectivity index (χ2v) is 6.49. The Hall–Kier alpha value is 0.570. The molecule has 0 bridgehead atoms. The minimum absolute atomic E-state index is 0.148. The van der Waals surface area contributed by atoms with E-state index in [4.69, 9.17) is 0 Å². The zero-order chi connectivity index (χ0) is 8.72. The minimum atomic E-state index is -0.148. The van der Waals surface area contributed by atoms with Crippen LogP contribution in [-0.2, 0) is 0 Å². The van der Waals surface area contributed by atoms with Crippen LogP contribution in [0.5, 0.6) is 0 Å². The number of benzene rings is 1. The largest absolute Gasteiger partial charge is 0.207 e. The van der Waals surface area contributed by atoms with Crippen LogP contribution in [0, 0.1) is 12.3 Å². The maximum atomic E-state index is 12.9. The van der Waals surface area contributed by atoms with Gasteiger partial charge in [-0.25, -0.2) is 4.39 Å². The molecule has 0 amide bonds. The molecular formula is C8H3FI2S. The molecule has 1 heterocycles. The van der Waals surface area contributed by atoms with E-state index < -0.39 is 0 Å². The summed E-state index contributed by atoms with van der Waals surface area (Å²) in [6.07, 6.45) is 0. The minimum Gasteiger partial charge on any atom is -0.207 e. The molecule has 0 fully saturated rings. The van der Waals surface area contributed by atoms with Gasteiger partial charge in [-0.2, -0.15) is 0 Å². The lowest BCUT2D eigenvalue weighted by molar-refractivity contribution is 0.629. The van der Waals surface area contributed by atoms with E-state index in [9.17, 15) is 4.39 Å². The molecule has 4 heteroatoms. The third-order valence-electron chi connectivity index (χ3n) is 1.52. The lowest BCUT2D eigenvalue weighted by Gasteiger charge is -1.93. The van der Waals surface area contributed by atoms with E-state index in [0.29, 0.717) is 0 Å². The summed E-state index contributed by atoms with van der Waals surface area (Å²) in [4.78, 5) is 0. The van der Waals surface area contributed by atoms with Gasteiger partial charge >= 0.3 is 0 Å². The predicted molar refractivity (Wildman–Crippen MR) is 67.2 cm³/mol. The van der Waals surface area contributed by atoms with E-state index in [2.05, 4.69) is 51.2 Å². The zero-order valence-electron chi connectivity index (χ0n) is 5.77. The lowest BCUT2D eigenvalue weighted by atomic mass is 10.3. The normalized spacial score (nSPS) is 10.9. The number of fused-ring (bicyclic) bond motifs is 1. The average Bonchev–Trinajstić information content (AvgIpc) is 2.29. The molecule has 12 heavy (non-hydrogen) atoms. The molecule has 0 aliphatic carbocycles. The standard InChI is InChI=1S/C8H3FI2S/c9-4-1-6(10)5-3-8(11)12-7(5)2-4/h1-3H. The Morgan fingerprint density at radius 3 is 2.67 bits per heavy atom. The second kappa shape index (κ2) is 3.38. The zero-order valence-corrected chi connectivity index (χ0v) is 10.9. The summed E-state index contributed by atoms with van der Waals surface area (Å²) in [7, 11) is 0. The van der Waals surface area contributed by atoms with Crippen LogP contribution in [0.1, 0.15) is 0 Å². The fourth-order valence-corrected chi connectivity index (χ4v) is 3.82. The molecule has 2 aromatic rings. The molecule has 1 aromatic carbocycles. The van der Waals surface area contributed by atoms with Crippen molar-refractivity contribution in [2.75, 3.05) is 0 Å². The summed E-state index contributed by atoms with van der Waals surface area (Å²) in [6.45, 7) is 0. The smallest absolute Gasteiger partial charge is 0.125 e. The van der Waals surface area contributed by atoms with Gasteiger partial charge in [0.05, 0.1) is 2.88 Å². The van der Waals surface area contributed by atoms with E-state index >= 15 is 0 Å². The molecule has 0 aliphatic heterocycles. The van der Waals surface area contributed by atoms with Crippen LogP contribution < -0.4 is 0 Å². The summed E-state index contributed by atoms with van der Waals surface area (Å²) in [5.41, 5.74) is 0. The number of hydrogen-bond donors (Lipinski definition) is 0. The van der Waals surface area contributed by atoms with Gasteiger partial charge in [-0.05, 0) is 63.4 Å². The first kappa shape index (κ1) is 9.14. The van der Waals surface area contributed by atoms with Crippen LogP contribution in [0.3, 0.4) is 0 Å². The highest BCUT2D eigenvalue weighted by atomic mass is 127. The van der Waals surface area contributed by atoms with Crippen LogP contribution in [-0.4, -0.2) is 0 Å². The summed E-state index contributed by atoms with van der Waals surface area (Å²) >= 11 is 6.04. The Morgan fingerprint density at radius 1 is 1.17 bits per heavy atom. The SMILES string of the molecule is Fc1cc(I)c2cc(I)sc2c1. The van der Waals surface area contributed by atoms with E-state index in [1.807, 2.05) is 0 Å². The third-order valence-corrected chi connectivity index (χ3v) is 4.26. The van der Waals surface area contributed by atoms with Gasteiger partial charge in [-0.3, -0.25) is 0 Å². The van der Waals surface area contributed by atoms with E-state index in [0.717, 1.165) is 13.7 Å². The van der Waals surface area contributed by atoms with Gasteiger partial charge in [0, 0.05) is 13.7 Å². The highest BCUT2D eigenvalue weighted by Gasteiger charge is 2.04. The quantitative estimate of drug-likeness (QED) is 0.577. The molecule has 0 nitrogen and oxygen atoms in total. The average molecular weight is 404 g/mol. The maximum absolute atomic E-state index is 12.9. The number of thiophene rings is 1. The first-order valence-electron chi connectivity index (χ1n) is 3.21. The Kier molecular flexibility index (Phi) is 2.57. The van der Waals surface area contributed by atoms with Crippen molar-refractivity contribution in [3.63, 3.8) is 0 Å². The monoisotopic (exact) mass is 404 g/mol. The molecular weight excluding hydrogens is 401 g/mol. The Bertz CT molecular complexity index is 436. The molecule has 0 aliphatic rings. The maximum Gasteiger partial charge on any atom is 0.125 e. The van der Waals surface area contributed by atoms with Gasteiger partial charge in [0.15, 0.2) is 0 Å². The molecule has 0 unspecified atom stereocenters. The summed E-state index contributed by atoms with van der Waals surface area (Å²) in [6, 6.07) is 5.23. The van der Waals surface area contributed by atoms with Crippen molar-refractivity contribution in [2.45, 2.75) is 0 Å². The van der Waals surface area contributed by atoms with Gasteiger partial charge in [0.2, 0.25) is 0 Å². The van der Waals surface area contributed by atoms with Gasteiger partial charge in [-0.1, -0.05) is 0 Å². The predicted octanol–water partition coefficient (Wildman–Crippen LogP) is 4.25. The van der Waals surface area contributed by atoms with Crippen LogP contribution >= 0.6 is 56.5 Å². The summed E-state index contributed by atoms with van der Waals surface area (Å²) in [5, 5.41) is 1.16. The summed E-state index contributed by atoms with van der Waals surface area (Å²) in [5.74, 6) is -0.148. The fraction of sp³-hybridized carbons (Fsp3) is 0. The molecule has 0 atom stereocenters. The molecule has 0 N–H and O–H groups in total. The van der Waals surface area contributed by atoms with Crippen molar-refractivity contribution >= 4 is 66.6 Å². The Balaban J connectivity index is 2.88. The fourth-order valence-electron chi connectivity index (χ4n) is 1.03. The second-order valence-electron chi connectivity index (χ2n) is 2.35. The molecule has 0 saturated heterocycles. The van der Waals surface area contributed by atoms with Crippen LogP contribution in [0.25, 0.3) is 10.1 Å². The molecule has 1 aromatic heterocycles. The molecule has 0 saturated carbocycles. The van der Waals surface area contributed by atoms with Crippen LogP contribution in [0.2, 0.25) is 0 Å². The van der Waals surface area contributed by atoms with Gasteiger partial charge in [0.1, 0.15) is 5.82 Å². The highest BCUT2D eigenvalue weighted by molar-refractivity contribution is 14.1. The van der Waals surface area contributed by atoms with Gasteiger partial charge in [0.25, 0.3) is 0 Å². The van der Waals surface area contributed by atoms with Gasteiger partial charge in [-0.15, -0.1) is 11.3 Å². The van der Waals surface area contributed by atoms with Crippen molar-refractivity contribution in [2.24, 2.45) is 0 Å². The van der Waals surface area contributed by atoms with Crippen molar-refractivity contribution in [3.05, 3.63) is 30.5 Å². The van der Waals surface area contributed by atoms with Crippen molar-refractivity contribution in [1.29, 1.82) is 0 Å². The molecule has 62 valence electrons. The van der Waals surface area contributed by atoms with E-state index in [1.54, 1.807) is 23.5 Å². The first-order chi connectivity index (χ1) is 5.66. The van der Waals surface area contributed by atoms with Gasteiger partial charge < -0.3 is 0 Å². The number of hydrogen-bond acceptors (Lipinski definition) is 1. The van der Waals surface area contributed by atoms with Crippen molar-refractivity contribution in [1.82, 2.24) is 0 Å². The Morgan fingerprint density at radius 2 is 1.92 bits per heavy atom. The first-order valence-corrected chi connectivity index (χ1v) is 6.18. The summed E-state index contributed by atoms with van der Waals surface area (Å²) < 4.78 is 16.1. The molecule has 0 radical (unpaired) electrons. The van der Waals surface area contributed by atoms with E-state index in [-0.39, 0.29) is 5.82 Å². The molecule has 2 rings (SSSR count). The molecule has 0 spiro atoms. The van der Waals surface area contributed by atoms with Crippen LogP contribution in [0.15, 0.2) is 18.2 Å². The number of halogens is 3. The topological polar surface area (TPSA) is 0 Å². The van der Waals surface area contributed by atoms with Crippen molar-refractivity contribution in [3.8, 4) is 0 Å². The lowest BCUT2D eigenvalue weighted by Crippen LogP contribution is -1.75. The highest BCUT2D eigenvalue weighted by Crippen LogP contribution is 2.30. The van der Waals surface area contributed by atoms with Crippen LogP contribution in [0.4, 0.5) is 4.39 Å². The third kappa shape index (κ3) is 1.60.